The van der Waals surface area contributed by atoms with Crippen molar-refractivity contribution in [1.82, 2.24) is 19.6 Å². The van der Waals surface area contributed by atoms with Crippen molar-refractivity contribution in [3.05, 3.63) is 52.8 Å². The van der Waals surface area contributed by atoms with Gasteiger partial charge >= 0.3 is 0 Å². The SMILES string of the molecule is Cc1nn(C)cc1C(=O)N1C[C@H]2CC[C@@H]1CN(C1Cc3ccccc3C1)C2. The zero-order valence-corrected chi connectivity index (χ0v) is 16.3. The molecule has 27 heavy (non-hydrogen) atoms. The van der Waals surface area contributed by atoms with Crippen molar-refractivity contribution in [3.8, 4) is 0 Å². The maximum absolute atomic E-state index is 13.2. The lowest BCUT2D eigenvalue weighted by molar-refractivity contribution is 0.0581. The molecule has 1 aromatic heterocycles. The Kier molecular flexibility index (Phi) is 4.08. The Morgan fingerprint density at radius 3 is 2.44 bits per heavy atom. The van der Waals surface area contributed by atoms with E-state index in [-0.39, 0.29) is 5.91 Å². The third-order valence-corrected chi connectivity index (χ3v) is 6.79. The number of amides is 1. The summed E-state index contributed by atoms with van der Waals surface area (Å²) in [4.78, 5) is 18.1. The zero-order chi connectivity index (χ0) is 18.5. The van der Waals surface area contributed by atoms with Crippen LogP contribution in [-0.4, -0.2) is 57.2 Å². The fourth-order valence-corrected chi connectivity index (χ4v) is 5.42. The third kappa shape index (κ3) is 2.98. The molecule has 1 aliphatic carbocycles. The predicted octanol–water partition coefficient (Wildman–Crippen LogP) is 2.43. The Morgan fingerprint density at radius 1 is 1.04 bits per heavy atom. The van der Waals surface area contributed by atoms with Crippen LogP contribution in [0.3, 0.4) is 0 Å². The quantitative estimate of drug-likeness (QED) is 0.822. The number of rotatable bonds is 2. The summed E-state index contributed by atoms with van der Waals surface area (Å²) in [6.45, 7) is 4.98. The van der Waals surface area contributed by atoms with Crippen LogP contribution in [0, 0.1) is 12.8 Å². The first kappa shape index (κ1) is 17.0. The van der Waals surface area contributed by atoms with Crippen LogP contribution in [0.25, 0.3) is 0 Å². The molecule has 5 nitrogen and oxygen atoms in total. The van der Waals surface area contributed by atoms with E-state index in [0.29, 0.717) is 18.0 Å². The lowest BCUT2D eigenvalue weighted by atomic mass is 9.94. The van der Waals surface area contributed by atoms with E-state index in [4.69, 9.17) is 0 Å². The molecule has 4 aliphatic rings. The van der Waals surface area contributed by atoms with Gasteiger partial charge in [-0.1, -0.05) is 24.3 Å². The van der Waals surface area contributed by atoms with E-state index in [1.807, 2.05) is 20.2 Å². The van der Waals surface area contributed by atoms with Crippen LogP contribution in [0.15, 0.2) is 30.5 Å². The maximum Gasteiger partial charge on any atom is 0.257 e. The van der Waals surface area contributed by atoms with E-state index < -0.39 is 0 Å². The number of carbonyl (C=O) groups is 1. The van der Waals surface area contributed by atoms with Crippen molar-refractivity contribution in [1.29, 1.82) is 0 Å². The average molecular weight is 364 g/mol. The summed E-state index contributed by atoms with van der Waals surface area (Å²) in [7, 11) is 1.89. The van der Waals surface area contributed by atoms with Crippen molar-refractivity contribution in [2.24, 2.45) is 13.0 Å². The minimum atomic E-state index is 0.173. The van der Waals surface area contributed by atoms with E-state index in [1.54, 1.807) is 4.68 Å². The van der Waals surface area contributed by atoms with Crippen molar-refractivity contribution < 1.29 is 4.79 Å². The second-order valence-electron chi connectivity index (χ2n) is 8.64. The monoisotopic (exact) mass is 364 g/mol. The Balaban J connectivity index is 1.35. The third-order valence-electron chi connectivity index (χ3n) is 6.79. The van der Waals surface area contributed by atoms with Gasteiger partial charge in [0.15, 0.2) is 0 Å². The van der Waals surface area contributed by atoms with Gasteiger partial charge in [0.2, 0.25) is 0 Å². The van der Waals surface area contributed by atoms with Gasteiger partial charge in [-0.05, 0) is 49.7 Å². The number of fused-ring (bicyclic) bond motifs is 5. The summed E-state index contributed by atoms with van der Waals surface area (Å²) >= 11 is 0. The van der Waals surface area contributed by atoms with Gasteiger partial charge in [-0.2, -0.15) is 5.10 Å². The van der Waals surface area contributed by atoms with Crippen LogP contribution in [0.5, 0.6) is 0 Å². The van der Waals surface area contributed by atoms with E-state index in [9.17, 15) is 4.79 Å². The lowest BCUT2D eigenvalue weighted by Gasteiger charge is -2.36. The molecular formula is C22H28N4O. The minimum Gasteiger partial charge on any atom is -0.334 e. The number of benzene rings is 1. The highest BCUT2D eigenvalue weighted by Gasteiger charge is 2.40. The first-order valence-corrected chi connectivity index (χ1v) is 10.2. The van der Waals surface area contributed by atoms with Crippen molar-refractivity contribution in [2.45, 2.75) is 44.7 Å². The normalized spacial score (nSPS) is 25.6. The molecule has 0 saturated carbocycles. The molecule has 142 valence electrons. The predicted molar refractivity (Wildman–Crippen MR) is 105 cm³/mol. The van der Waals surface area contributed by atoms with E-state index in [0.717, 1.165) is 50.2 Å². The van der Waals surface area contributed by atoms with Gasteiger partial charge in [0.25, 0.3) is 5.91 Å². The van der Waals surface area contributed by atoms with E-state index in [1.165, 1.54) is 17.5 Å². The standard InChI is InChI=1S/C22H28N4O/c1-15-21(14-24(2)23-15)22(27)26-12-16-7-8-19(26)13-25(11-16)20-9-17-5-3-4-6-18(17)10-20/h3-6,14,16,19-20H,7-13H2,1-2H3/t16-,19+/m0/s1. The topological polar surface area (TPSA) is 41.4 Å². The number of piperidine rings is 1. The molecule has 2 aromatic rings. The van der Waals surface area contributed by atoms with Crippen LogP contribution in [0.2, 0.25) is 0 Å². The molecule has 3 aliphatic heterocycles. The fourth-order valence-electron chi connectivity index (χ4n) is 5.42. The number of hydrogen-bond acceptors (Lipinski definition) is 3. The zero-order valence-electron chi connectivity index (χ0n) is 16.3. The van der Waals surface area contributed by atoms with Crippen LogP contribution in [0.1, 0.15) is 40.0 Å². The molecule has 3 fully saturated rings. The Labute approximate surface area is 161 Å². The molecule has 0 spiro atoms. The van der Waals surface area contributed by atoms with Gasteiger partial charge in [0.05, 0.1) is 11.3 Å². The molecule has 0 N–H and O–H groups in total. The van der Waals surface area contributed by atoms with Crippen LogP contribution >= 0.6 is 0 Å². The number of carbonyl (C=O) groups excluding carboxylic acids is 1. The number of hydrogen-bond donors (Lipinski definition) is 0. The fraction of sp³-hybridized carbons (Fsp3) is 0.545. The molecule has 6 rings (SSSR count). The molecule has 4 heterocycles. The number of aromatic nitrogens is 2. The molecular weight excluding hydrogens is 336 g/mol. The highest BCUT2D eigenvalue weighted by Crippen LogP contribution is 2.33. The van der Waals surface area contributed by atoms with Crippen LogP contribution < -0.4 is 0 Å². The van der Waals surface area contributed by atoms with Crippen molar-refractivity contribution in [2.75, 3.05) is 19.6 Å². The van der Waals surface area contributed by atoms with Crippen molar-refractivity contribution >= 4 is 5.91 Å². The summed E-state index contributed by atoms with van der Waals surface area (Å²) in [5.41, 5.74) is 4.63. The minimum absolute atomic E-state index is 0.173. The molecule has 1 amide bonds. The van der Waals surface area contributed by atoms with Gasteiger partial charge in [-0.15, -0.1) is 0 Å². The largest absolute Gasteiger partial charge is 0.334 e. The highest BCUT2D eigenvalue weighted by atomic mass is 16.2. The summed E-state index contributed by atoms with van der Waals surface area (Å²) in [5, 5.41) is 4.37. The Bertz CT molecular complexity index is 848. The Morgan fingerprint density at radius 2 is 1.78 bits per heavy atom. The smallest absolute Gasteiger partial charge is 0.257 e. The first-order chi connectivity index (χ1) is 13.1. The number of aryl methyl sites for hydroxylation is 2. The van der Waals surface area contributed by atoms with Gasteiger partial charge in [-0.25, -0.2) is 0 Å². The molecule has 1 aromatic carbocycles. The summed E-state index contributed by atoms with van der Waals surface area (Å²) in [6, 6.07) is 9.81. The summed E-state index contributed by atoms with van der Waals surface area (Å²) in [5.74, 6) is 0.764. The van der Waals surface area contributed by atoms with Crippen LogP contribution in [-0.2, 0) is 19.9 Å². The summed E-state index contributed by atoms with van der Waals surface area (Å²) < 4.78 is 1.75. The second kappa shape index (κ2) is 6.48. The van der Waals surface area contributed by atoms with Gasteiger partial charge in [0, 0.05) is 45.0 Å². The molecule has 0 unspecified atom stereocenters. The molecule has 3 saturated heterocycles. The first-order valence-electron chi connectivity index (χ1n) is 10.2. The molecule has 2 bridgehead atoms. The highest BCUT2D eigenvalue weighted by molar-refractivity contribution is 5.95. The van der Waals surface area contributed by atoms with Gasteiger partial charge in [-0.3, -0.25) is 14.4 Å². The van der Waals surface area contributed by atoms with E-state index >= 15 is 0 Å². The Hall–Kier alpha value is -2.14. The second-order valence-corrected chi connectivity index (χ2v) is 8.64. The number of nitrogens with zero attached hydrogens (tertiary/aromatic N) is 4. The lowest BCUT2D eigenvalue weighted by Crippen LogP contribution is -2.48. The molecule has 2 atom stereocenters. The van der Waals surface area contributed by atoms with E-state index in [2.05, 4.69) is 39.2 Å². The molecule has 5 heteroatoms. The van der Waals surface area contributed by atoms with Gasteiger partial charge in [0.1, 0.15) is 0 Å². The van der Waals surface area contributed by atoms with Crippen LogP contribution in [0.4, 0.5) is 0 Å². The maximum atomic E-state index is 13.2. The average Bonchev–Trinajstić information content (AvgIpc) is 3.11. The van der Waals surface area contributed by atoms with Crippen molar-refractivity contribution in [3.63, 3.8) is 0 Å². The molecule has 0 radical (unpaired) electrons. The summed E-state index contributed by atoms with van der Waals surface area (Å²) in [6.07, 6.45) is 6.57. The van der Waals surface area contributed by atoms with Gasteiger partial charge < -0.3 is 4.90 Å².